The second-order valence-electron chi connectivity index (χ2n) is 7.85. The van der Waals surface area contributed by atoms with E-state index < -0.39 is 0 Å². The number of amides is 1. The smallest absolute Gasteiger partial charge is 0.246 e. The number of hydrogen-bond acceptors (Lipinski definition) is 5. The van der Waals surface area contributed by atoms with Crippen LogP contribution in [0.5, 0.6) is 0 Å². The molecule has 0 spiro atoms. The van der Waals surface area contributed by atoms with Gasteiger partial charge in [-0.3, -0.25) is 9.69 Å². The molecule has 4 rings (SSSR count). The van der Waals surface area contributed by atoms with Crippen molar-refractivity contribution in [2.45, 2.75) is 25.9 Å². The van der Waals surface area contributed by atoms with E-state index in [4.69, 9.17) is 16.1 Å². The molecular weight excluding hydrogens is 419 g/mol. The highest BCUT2D eigenvalue weighted by atomic mass is 35.5. The Balaban J connectivity index is 1.29. The van der Waals surface area contributed by atoms with Crippen LogP contribution < -0.4 is 0 Å². The van der Waals surface area contributed by atoms with Gasteiger partial charge in [-0.05, 0) is 56.3 Å². The molecule has 162 valence electrons. The second kappa shape index (κ2) is 9.58. The predicted octanol–water partition coefficient (Wildman–Crippen LogP) is 4.40. The van der Waals surface area contributed by atoms with Gasteiger partial charge in [-0.25, -0.2) is 4.39 Å². The number of rotatable bonds is 6. The van der Waals surface area contributed by atoms with Crippen LogP contribution in [0, 0.1) is 11.7 Å². The van der Waals surface area contributed by atoms with E-state index in [1.165, 1.54) is 6.07 Å². The summed E-state index contributed by atoms with van der Waals surface area (Å²) in [6, 6.07) is 14.0. The third-order valence-electron chi connectivity index (χ3n) is 5.61. The molecule has 1 fully saturated rings. The standard InChI is InChI=1S/C23H24ClFN4O2/c1-28(15-21-26-22(27-31-21)16-6-8-19(24)9-7-16)23(30)17-10-12-29(13-11-17)14-18-4-2-3-5-20(18)25/h2-9,17H,10-15H2,1H3. The van der Waals surface area contributed by atoms with E-state index in [-0.39, 0.29) is 24.2 Å². The summed E-state index contributed by atoms with van der Waals surface area (Å²) in [6.45, 7) is 2.35. The van der Waals surface area contributed by atoms with Gasteiger partial charge in [0.25, 0.3) is 0 Å². The van der Waals surface area contributed by atoms with Crippen molar-refractivity contribution < 1.29 is 13.7 Å². The summed E-state index contributed by atoms with van der Waals surface area (Å²) < 4.78 is 19.2. The third-order valence-corrected chi connectivity index (χ3v) is 5.86. The van der Waals surface area contributed by atoms with Gasteiger partial charge in [-0.2, -0.15) is 4.98 Å². The van der Waals surface area contributed by atoms with Crippen LogP contribution in [0.1, 0.15) is 24.3 Å². The van der Waals surface area contributed by atoms with Crippen molar-refractivity contribution in [3.05, 3.63) is 70.8 Å². The van der Waals surface area contributed by atoms with Gasteiger partial charge in [0.1, 0.15) is 5.82 Å². The molecule has 31 heavy (non-hydrogen) atoms. The van der Waals surface area contributed by atoms with Gasteiger partial charge in [0.15, 0.2) is 0 Å². The summed E-state index contributed by atoms with van der Waals surface area (Å²) in [6.07, 6.45) is 1.50. The number of aromatic nitrogens is 2. The van der Waals surface area contributed by atoms with Crippen molar-refractivity contribution in [1.82, 2.24) is 19.9 Å². The summed E-state index contributed by atoms with van der Waals surface area (Å²) in [5, 5.41) is 4.63. The Labute approximate surface area is 185 Å². The van der Waals surface area contributed by atoms with Crippen molar-refractivity contribution >= 4 is 17.5 Å². The van der Waals surface area contributed by atoms with Crippen LogP contribution >= 0.6 is 11.6 Å². The largest absolute Gasteiger partial charge is 0.337 e. The highest BCUT2D eigenvalue weighted by molar-refractivity contribution is 6.30. The SMILES string of the molecule is CN(Cc1nc(-c2ccc(Cl)cc2)no1)C(=O)C1CCN(Cc2ccccc2F)CC1. The molecule has 1 aliphatic rings. The number of hydrogen-bond donors (Lipinski definition) is 0. The van der Waals surface area contributed by atoms with Gasteiger partial charge in [-0.15, -0.1) is 0 Å². The van der Waals surface area contributed by atoms with Crippen molar-refractivity contribution in [1.29, 1.82) is 0 Å². The van der Waals surface area contributed by atoms with E-state index in [1.54, 1.807) is 30.1 Å². The summed E-state index contributed by atoms with van der Waals surface area (Å²) in [4.78, 5) is 21.1. The van der Waals surface area contributed by atoms with Gasteiger partial charge in [0.2, 0.25) is 17.6 Å². The zero-order valence-electron chi connectivity index (χ0n) is 17.3. The average Bonchev–Trinajstić information content (AvgIpc) is 3.24. The number of piperidine rings is 1. The van der Waals surface area contributed by atoms with Crippen LogP contribution in [0.2, 0.25) is 5.02 Å². The van der Waals surface area contributed by atoms with Gasteiger partial charge < -0.3 is 9.42 Å². The monoisotopic (exact) mass is 442 g/mol. The van der Waals surface area contributed by atoms with Crippen LogP contribution in [-0.4, -0.2) is 46.0 Å². The van der Waals surface area contributed by atoms with E-state index in [1.807, 2.05) is 24.3 Å². The molecule has 2 heterocycles. The fourth-order valence-electron chi connectivity index (χ4n) is 3.83. The number of carbonyl (C=O) groups excluding carboxylic acids is 1. The highest BCUT2D eigenvalue weighted by Crippen LogP contribution is 2.23. The van der Waals surface area contributed by atoms with Crippen molar-refractivity contribution in [2.75, 3.05) is 20.1 Å². The van der Waals surface area contributed by atoms with E-state index in [0.717, 1.165) is 31.5 Å². The lowest BCUT2D eigenvalue weighted by atomic mass is 9.95. The van der Waals surface area contributed by atoms with Crippen molar-refractivity contribution in [2.24, 2.45) is 5.92 Å². The molecule has 0 bridgehead atoms. The molecule has 0 unspecified atom stereocenters. The van der Waals surface area contributed by atoms with Gasteiger partial charge in [0.05, 0.1) is 6.54 Å². The molecule has 0 N–H and O–H groups in total. The van der Waals surface area contributed by atoms with Crippen LogP contribution in [0.4, 0.5) is 4.39 Å². The zero-order valence-corrected chi connectivity index (χ0v) is 18.1. The van der Waals surface area contributed by atoms with Crippen LogP contribution in [-0.2, 0) is 17.9 Å². The first-order valence-corrected chi connectivity index (χ1v) is 10.7. The maximum atomic E-state index is 13.9. The highest BCUT2D eigenvalue weighted by Gasteiger charge is 2.28. The first kappa shape index (κ1) is 21.5. The van der Waals surface area contributed by atoms with Crippen molar-refractivity contribution in [3.63, 3.8) is 0 Å². The molecule has 1 amide bonds. The van der Waals surface area contributed by atoms with Gasteiger partial charge in [0, 0.05) is 35.7 Å². The van der Waals surface area contributed by atoms with E-state index in [2.05, 4.69) is 15.0 Å². The lowest BCUT2D eigenvalue weighted by Gasteiger charge is -2.33. The Morgan fingerprint density at radius 3 is 2.61 bits per heavy atom. The predicted molar refractivity (Wildman–Crippen MR) is 116 cm³/mol. The molecule has 0 atom stereocenters. The Morgan fingerprint density at radius 1 is 1.19 bits per heavy atom. The van der Waals surface area contributed by atoms with Gasteiger partial charge in [-0.1, -0.05) is 35.0 Å². The maximum absolute atomic E-state index is 13.9. The Kier molecular flexibility index (Phi) is 6.63. The molecule has 1 aliphatic heterocycles. The van der Waals surface area contributed by atoms with Gasteiger partial charge >= 0.3 is 0 Å². The first-order valence-electron chi connectivity index (χ1n) is 10.3. The number of nitrogens with zero attached hydrogens (tertiary/aromatic N) is 4. The summed E-state index contributed by atoms with van der Waals surface area (Å²) in [5.41, 5.74) is 1.49. The Morgan fingerprint density at radius 2 is 1.90 bits per heavy atom. The van der Waals surface area contributed by atoms with E-state index in [0.29, 0.717) is 28.8 Å². The lowest BCUT2D eigenvalue weighted by molar-refractivity contribution is -0.136. The van der Waals surface area contributed by atoms with Crippen LogP contribution in [0.25, 0.3) is 11.4 Å². The number of benzene rings is 2. The van der Waals surface area contributed by atoms with E-state index in [9.17, 15) is 9.18 Å². The zero-order chi connectivity index (χ0) is 21.8. The quantitative estimate of drug-likeness (QED) is 0.566. The van der Waals surface area contributed by atoms with Crippen LogP contribution in [0.15, 0.2) is 53.1 Å². The molecule has 0 radical (unpaired) electrons. The summed E-state index contributed by atoms with van der Waals surface area (Å²) >= 11 is 5.91. The maximum Gasteiger partial charge on any atom is 0.246 e. The second-order valence-corrected chi connectivity index (χ2v) is 8.29. The Bertz CT molecular complexity index is 1030. The topological polar surface area (TPSA) is 62.5 Å². The molecule has 3 aromatic rings. The minimum Gasteiger partial charge on any atom is -0.337 e. The molecule has 2 aromatic carbocycles. The normalized spacial score (nSPS) is 15.2. The number of carbonyl (C=O) groups is 1. The molecular formula is C23H24ClFN4O2. The average molecular weight is 443 g/mol. The van der Waals surface area contributed by atoms with Crippen molar-refractivity contribution in [3.8, 4) is 11.4 Å². The van der Waals surface area contributed by atoms with Crippen LogP contribution in [0.3, 0.4) is 0 Å². The Hall–Kier alpha value is -2.77. The molecule has 0 aliphatic carbocycles. The summed E-state index contributed by atoms with van der Waals surface area (Å²) in [5.74, 6) is 0.682. The first-order chi connectivity index (χ1) is 15.0. The molecule has 0 saturated carbocycles. The fourth-order valence-corrected chi connectivity index (χ4v) is 3.96. The van der Waals surface area contributed by atoms with E-state index >= 15 is 0 Å². The minimum absolute atomic E-state index is 0.0551. The molecule has 1 saturated heterocycles. The number of likely N-dealkylation sites (tertiary alicyclic amines) is 1. The molecule has 6 nitrogen and oxygen atoms in total. The minimum atomic E-state index is -0.182. The number of halogens is 2. The lowest BCUT2D eigenvalue weighted by Crippen LogP contribution is -2.40. The fraction of sp³-hybridized carbons (Fsp3) is 0.348. The summed E-state index contributed by atoms with van der Waals surface area (Å²) in [7, 11) is 1.75. The third kappa shape index (κ3) is 5.29. The molecule has 1 aromatic heterocycles. The molecule has 8 heteroatoms.